The molecule has 62 valence electrons. The summed E-state index contributed by atoms with van der Waals surface area (Å²) in [4.78, 5) is 4.31. The molecule has 1 saturated heterocycles. The fourth-order valence-corrected chi connectivity index (χ4v) is 1.97. The third kappa shape index (κ3) is 0.716. The van der Waals surface area contributed by atoms with Gasteiger partial charge in [-0.15, -0.1) is 0 Å². The van der Waals surface area contributed by atoms with E-state index in [4.69, 9.17) is 4.74 Å². The van der Waals surface area contributed by atoms with E-state index in [1.807, 2.05) is 12.3 Å². The molecule has 2 aliphatic rings. The van der Waals surface area contributed by atoms with Gasteiger partial charge in [-0.05, 0) is 18.6 Å². The van der Waals surface area contributed by atoms with Gasteiger partial charge in [0.1, 0.15) is 6.10 Å². The van der Waals surface area contributed by atoms with E-state index >= 15 is 0 Å². The van der Waals surface area contributed by atoms with Crippen molar-refractivity contribution in [3.8, 4) is 0 Å². The van der Waals surface area contributed by atoms with E-state index in [0.29, 0.717) is 6.04 Å². The highest BCUT2D eigenvalue weighted by Crippen LogP contribution is 2.39. The number of anilines is 1. The normalized spacial score (nSPS) is 31.0. The number of fused-ring (bicyclic) bond motifs is 3. The first-order valence-corrected chi connectivity index (χ1v) is 4.28. The molecule has 2 aliphatic heterocycles. The summed E-state index contributed by atoms with van der Waals surface area (Å²) < 4.78 is 5.58. The average molecular weight is 162 g/mol. The minimum atomic E-state index is 0.209. The van der Waals surface area contributed by atoms with Crippen molar-refractivity contribution >= 4 is 5.69 Å². The van der Waals surface area contributed by atoms with Crippen LogP contribution in [0.1, 0.15) is 18.2 Å². The molecule has 3 nitrogen and oxygen atoms in total. The van der Waals surface area contributed by atoms with Gasteiger partial charge in [0.25, 0.3) is 0 Å². The first-order chi connectivity index (χ1) is 5.95. The molecule has 3 heteroatoms. The summed E-state index contributed by atoms with van der Waals surface area (Å²) in [6, 6.07) is 4.48. The first-order valence-electron chi connectivity index (χ1n) is 4.28. The van der Waals surface area contributed by atoms with Gasteiger partial charge in [-0.2, -0.15) is 0 Å². The van der Waals surface area contributed by atoms with Gasteiger partial charge in [0, 0.05) is 12.8 Å². The zero-order valence-electron chi connectivity index (χ0n) is 6.66. The van der Waals surface area contributed by atoms with Gasteiger partial charge in [0.05, 0.1) is 17.4 Å². The summed E-state index contributed by atoms with van der Waals surface area (Å²) in [5, 5.41) is 3.41. The van der Waals surface area contributed by atoms with E-state index in [1.54, 1.807) is 0 Å². The Bertz CT molecular complexity index is 313. The summed E-state index contributed by atoms with van der Waals surface area (Å²) in [6.45, 7) is 0.859. The Labute approximate surface area is 70.8 Å². The van der Waals surface area contributed by atoms with Gasteiger partial charge >= 0.3 is 0 Å². The van der Waals surface area contributed by atoms with Crippen LogP contribution in [0.5, 0.6) is 0 Å². The van der Waals surface area contributed by atoms with Crippen molar-refractivity contribution in [3.05, 3.63) is 24.0 Å². The quantitative estimate of drug-likeness (QED) is 0.625. The highest BCUT2D eigenvalue weighted by atomic mass is 16.5. The summed E-state index contributed by atoms with van der Waals surface area (Å²) in [7, 11) is 0. The number of ether oxygens (including phenoxy) is 1. The van der Waals surface area contributed by atoms with E-state index in [2.05, 4.69) is 16.4 Å². The number of rotatable bonds is 0. The van der Waals surface area contributed by atoms with Gasteiger partial charge in [0.15, 0.2) is 0 Å². The van der Waals surface area contributed by atoms with Crippen molar-refractivity contribution in [1.82, 2.24) is 4.98 Å². The molecule has 12 heavy (non-hydrogen) atoms. The molecule has 2 atom stereocenters. The first kappa shape index (κ1) is 6.43. The van der Waals surface area contributed by atoms with Gasteiger partial charge in [-0.25, -0.2) is 0 Å². The number of hydrogen-bond acceptors (Lipinski definition) is 3. The Morgan fingerprint density at radius 3 is 3.58 bits per heavy atom. The lowest BCUT2D eigenvalue weighted by Gasteiger charge is -2.06. The summed E-state index contributed by atoms with van der Waals surface area (Å²) in [6.07, 6.45) is 3.13. The second-order valence-corrected chi connectivity index (χ2v) is 3.27. The standard InChI is InChI=1S/C9H10N2O/c1-2-6-8(10-4-1)9-7(11-6)3-5-12-9/h1-2,4,7,9,11H,3,5H2. The Balaban J connectivity index is 2.09. The molecule has 1 aromatic rings. The molecule has 1 fully saturated rings. The van der Waals surface area contributed by atoms with Crippen LogP contribution in [0, 0.1) is 0 Å². The second-order valence-electron chi connectivity index (χ2n) is 3.27. The van der Waals surface area contributed by atoms with Crippen LogP contribution in [0.3, 0.4) is 0 Å². The monoisotopic (exact) mass is 162 g/mol. The maximum Gasteiger partial charge on any atom is 0.122 e. The molecule has 0 spiro atoms. The van der Waals surface area contributed by atoms with E-state index in [-0.39, 0.29) is 6.10 Å². The molecule has 0 bridgehead atoms. The zero-order chi connectivity index (χ0) is 7.97. The lowest BCUT2D eigenvalue weighted by molar-refractivity contribution is 0.109. The summed E-state index contributed by atoms with van der Waals surface area (Å²) in [5.41, 5.74) is 2.23. The summed E-state index contributed by atoms with van der Waals surface area (Å²) in [5.74, 6) is 0. The SMILES string of the molecule is c1cnc2c(c1)NC1CCOC21. The highest BCUT2D eigenvalue weighted by Gasteiger charge is 2.37. The van der Waals surface area contributed by atoms with Gasteiger partial charge in [-0.3, -0.25) is 4.98 Å². The van der Waals surface area contributed by atoms with Crippen LogP contribution >= 0.6 is 0 Å². The molecule has 1 N–H and O–H groups in total. The van der Waals surface area contributed by atoms with Crippen molar-refractivity contribution in [1.29, 1.82) is 0 Å². The predicted octanol–water partition coefficient (Wildman–Crippen LogP) is 1.34. The molecule has 0 aliphatic carbocycles. The summed E-state index contributed by atoms with van der Waals surface area (Å²) >= 11 is 0. The third-order valence-corrected chi connectivity index (χ3v) is 2.54. The fraction of sp³-hybridized carbons (Fsp3) is 0.444. The maximum atomic E-state index is 5.58. The van der Waals surface area contributed by atoms with E-state index < -0.39 is 0 Å². The van der Waals surface area contributed by atoms with Crippen LogP contribution in [0.4, 0.5) is 5.69 Å². The van der Waals surface area contributed by atoms with Crippen molar-refractivity contribution in [2.45, 2.75) is 18.6 Å². The maximum absolute atomic E-state index is 5.58. The van der Waals surface area contributed by atoms with Crippen molar-refractivity contribution in [2.24, 2.45) is 0 Å². The van der Waals surface area contributed by atoms with Crippen LogP contribution in [0.15, 0.2) is 18.3 Å². The Kier molecular flexibility index (Phi) is 1.18. The molecular weight excluding hydrogens is 152 g/mol. The second kappa shape index (κ2) is 2.20. The predicted molar refractivity (Wildman–Crippen MR) is 45.0 cm³/mol. The lowest BCUT2D eigenvalue weighted by atomic mass is 10.1. The average Bonchev–Trinajstić information content (AvgIpc) is 2.62. The fourth-order valence-electron chi connectivity index (χ4n) is 1.97. The van der Waals surface area contributed by atoms with Crippen molar-refractivity contribution in [2.75, 3.05) is 11.9 Å². The zero-order valence-corrected chi connectivity index (χ0v) is 6.66. The van der Waals surface area contributed by atoms with E-state index in [9.17, 15) is 0 Å². The smallest absolute Gasteiger partial charge is 0.122 e. The molecule has 0 saturated carbocycles. The van der Waals surface area contributed by atoms with Gasteiger partial charge in [0.2, 0.25) is 0 Å². The number of aromatic nitrogens is 1. The minimum absolute atomic E-state index is 0.209. The largest absolute Gasteiger partial charge is 0.378 e. The van der Waals surface area contributed by atoms with E-state index in [0.717, 1.165) is 24.4 Å². The molecular formula is C9H10N2O. The van der Waals surface area contributed by atoms with Crippen molar-refractivity contribution < 1.29 is 4.74 Å². The Hall–Kier alpha value is -1.09. The molecule has 3 heterocycles. The Morgan fingerprint density at radius 1 is 1.58 bits per heavy atom. The molecule has 2 unspecified atom stereocenters. The number of hydrogen-bond donors (Lipinski definition) is 1. The number of nitrogens with one attached hydrogen (secondary N) is 1. The number of pyridine rings is 1. The van der Waals surface area contributed by atoms with Crippen LogP contribution in [0.25, 0.3) is 0 Å². The van der Waals surface area contributed by atoms with Crippen LogP contribution in [0.2, 0.25) is 0 Å². The molecule has 0 aromatic carbocycles. The van der Waals surface area contributed by atoms with Crippen LogP contribution < -0.4 is 5.32 Å². The number of nitrogens with zero attached hydrogens (tertiary/aromatic N) is 1. The lowest BCUT2D eigenvalue weighted by Crippen LogP contribution is -2.14. The molecule has 0 radical (unpaired) electrons. The third-order valence-electron chi connectivity index (χ3n) is 2.54. The van der Waals surface area contributed by atoms with Gasteiger partial charge < -0.3 is 10.1 Å². The van der Waals surface area contributed by atoms with E-state index in [1.165, 1.54) is 0 Å². The van der Waals surface area contributed by atoms with Crippen molar-refractivity contribution in [3.63, 3.8) is 0 Å². The topological polar surface area (TPSA) is 34.2 Å². The Morgan fingerprint density at radius 2 is 2.58 bits per heavy atom. The minimum Gasteiger partial charge on any atom is -0.378 e. The molecule has 0 amide bonds. The molecule has 1 aromatic heterocycles. The van der Waals surface area contributed by atoms with Crippen LogP contribution in [-0.2, 0) is 4.74 Å². The van der Waals surface area contributed by atoms with Crippen LogP contribution in [-0.4, -0.2) is 17.6 Å². The highest BCUT2D eigenvalue weighted by molar-refractivity contribution is 5.55. The van der Waals surface area contributed by atoms with Gasteiger partial charge in [-0.1, -0.05) is 0 Å². The molecule has 3 rings (SSSR count).